The molecule has 0 spiro atoms. The van der Waals surface area contributed by atoms with Crippen LogP contribution in [0.1, 0.15) is 31.9 Å². The molecule has 7 heteroatoms. The molecule has 2 rings (SSSR count). The number of carbonyl (C=O) groups excluding carboxylic acids is 1. The fraction of sp³-hybridized carbons (Fsp3) is 0.500. The van der Waals surface area contributed by atoms with E-state index in [2.05, 4.69) is 0 Å². The second kappa shape index (κ2) is 5.40. The summed E-state index contributed by atoms with van der Waals surface area (Å²) in [5.74, 6) is -0.482. The number of nitrogens with two attached hydrogens (primary N) is 1. The third-order valence-corrected chi connectivity index (χ3v) is 5.89. The maximum atomic E-state index is 12.5. The van der Waals surface area contributed by atoms with E-state index in [0.717, 1.165) is 0 Å². The molecule has 1 amide bonds. The minimum Gasteiger partial charge on any atom is -0.389 e. The van der Waals surface area contributed by atoms with Gasteiger partial charge in [-0.25, -0.2) is 8.42 Å². The van der Waals surface area contributed by atoms with Crippen LogP contribution in [-0.4, -0.2) is 36.8 Å². The summed E-state index contributed by atoms with van der Waals surface area (Å²) in [4.78, 5) is 11.6. The normalized spacial score (nSPS) is 24.9. The number of amides is 1. The molecule has 116 valence electrons. The molecule has 2 atom stereocenters. The smallest absolute Gasteiger partial charge is 0.243 e. The van der Waals surface area contributed by atoms with Gasteiger partial charge in [0.2, 0.25) is 15.9 Å². The summed E-state index contributed by atoms with van der Waals surface area (Å²) in [6.07, 6.45) is -0.223. The molecule has 0 radical (unpaired) electrons. The average Bonchev–Trinajstić information content (AvgIpc) is 2.84. The van der Waals surface area contributed by atoms with Crippen molar-refractivity contribution in [2.75, 3.05) is 13.1 Å². The first-order valence-electron chi connectivity index (χ1n) is 6.75. The van der Waals surface area contributed by atoms with Crippen molar-refractivity contribution in [2.24, 2.45) is 11.1 Å². The topological polar surface area (TPSA) is 101 Å². The Labute approximate surface area is 124 Å². The Morgan fingerprint density at radius 2 is 1.95 bits per heavy atom. The molecule has 1 saturated heterocycles. The van der Waals surface area contributed by atoms with Gasteiger partial charge in [-0.05, 0) is 38.0 Å². The first-order chi connectivity index (χ1) is 9.67. The van der Waals surface area contributed by atoms with Crippen LogP contribution in [-0.2, 0) is 14.8 Å². The first-order valence-corrected chi connectivity index (χ1v) is 8.19. The van der Waals surface area contributed by atoms with E-state index >= 15 is 0 Å². The van der Waals surface area contributed by atoms with E-state index in [0.29, 0.717) is 12.0 Å². The summed E-state index contributed by atoms with van der Waals surface area (Å²) < 4.78 is 26.4. The minimum absolute atomic E-state index is 0.100. The summed E-state index contributed by atoms with van der Waals surface area (Å²) >= 11 is 0. The van der Waals surface area contributed by atoms with Crippen molar-refractivity contribution < 1.29 is 18.3 Å². The van der Waals surface area contributed by atoms with Crippen molar-refractivity contribution in [2.45, 2.75) is 31.3 Å². The first kappa shape index (κ1) is 15.9. The molecule has 1 aliphatic heterocycles. The van der Waals surface area contributed by atoms with Crippen LogP contribution in [0.25, 0.3) is 0 Å². The number of hydrogen-bond donors (Lipinski definition) is 2. The van der Waals surface area contributed by atoms with Crippen molar-refractivity contribution in [3.05, 3.63) is 29.8 Å². The largest absolute Gasteiger partial charge is 0.389 e. The highest BCUT2D eigenvalue weighted by molar-refractivity contribution is 7.89. The van der Waals surface area contributed by atoms with Crippen molar-refractivity contribution in [3.8, 4) is 0 Å². The van der Waals surface area contributed by atoms with Gasteiger partial charge in [0.1, 0.15) is 0 Å². The number of nitrogens with zero attached hydrogens (tertiary/aromatic N) is 1. The van der Waals surface area contributed by atoms with E-state index in [9.17, 15) is 18.3 Å². The van der Waals surface area contributed by atoms with Gasteiger partial charge in [0.05, 0.1) is 16.4 Å². The Kier molecular flexibility index (Phi) is 4.10. The molecule has 3 N–H and O–H groups in total. The fourth-order valence-electron chi connectivity index (χ4n) is 2.39. The number of aliphatic hydroxyl groups excluding tert-OH is 1. The van der Waals surface area contributed by atoms with Crippen molar-refractivity contribution >= 4 is 15.9 Å². The lowest BCUT2D eigenvalue weighted by molar-refractivity contribution is -0.126. The third-order valence-electron chi connectivity index (χ3n) is 4.03. The van der Waals surface area contributed by atoms with Crippen molar-refractivity contribution in [1.29, 1.82) is 0 Å². The van der Waals surface area contributed by atoms with Gasteiger partial charge in [0, 0.05) is 13.1 Å². The Bertz CT molecular complexity index is 639. The number of benzene rings is 1. The number of rotatable bonds is 4. The molecule has 21 heavy (non-hydrogen) atoms. The van der Waals surface area contributed by atoms with Crippen LogP contribution in [0.3, 0.4) is 0 Å². The van der Waals surface area contributed by atoms with E-state index in [-0.39, 0.29) is 18.0 Å². The highest BCUT2D eigenvalue weighted by Crippen LogP contribution is 2.33. The van der Waals surface area contributed by atoms with Gasteiger partial charge in [0.25, 0.3) is 0 Å². The molecule has 2 unspecified atom stereocenters. The SMILES string of the molecule is CC(O)c1ccc(S(=O)(=O)N2CCC(C)(C(N)=O)C2)cc1. The quantitative estimate of drug-likeness (QED) is 0.851. The highest BCUT2D eigenvalue weighted by atomic mass is 32.2. The van der Waals surface area contributed by atoms with Gasteiger partial charge < -0.3 is 10.8 Å². The zero-order valence-corrected chi connectivity index (χ0v) is 12.9. The van der Waals surface area contributed by atoms with Gasteiger partial charge in [-0.15, -0.1) is 0 Å². The molecule has 0 aliphatic carbocycles. The van der Waals surface area contributed by atoms with Crippen LogP contribution in [0.4, 0.5) is 0 Å². The second-order valence-corrected chi connectivity index (χ2v) is 7.70. The number of carbonyl (C=O) groups is 1. The van der Waals surface area contributed by atoms with Crippen molar-refractivity contribution in [3.63, 3.8) is 0 Å². The van der Waals surface area contributed by atoms with Crippen LogP contribution in [0.5, 0.6) is 0 Å². The molecule has 0 saturated carbocycles. The van der Waals surface area contributed by atoms with E-state index in [1.54, 1.807) is 26.0 Å². The summed E-state index contributed by atoms with van der Waals surface area (Å²) in [5.41, 5.74) is 5.18. The molecule has 1 aromatic carbocycles. The standard InChI is InChI=1S/C14H20N2O4S/c1-10(17)11-3-5-12(6-4-11)21(19,20)16-8-7-14(2,9-16)13(15)18/h3-6,10,17H,7-9H2,1-2H3,(H2,15,18). The molecule has 6 nitrogen and oxygen atoms in total. The Hall–Kier alpha value is -1.44. The summed E-state index contributed by atoms with van der Waals surface area (Å²) in [5, 5.41) is 9.45. The summed E-state index contributed by atoms with van der Waals surface area (Å²) in [6.45, 7) is 3.67. The van der Waals surface area contributed by atoms with E-state index < -0.39 is 27.4 Å². The molecule has 1 aliphatic rings. The molecule has 1 heterocycles. The number of primary amides is 1. The van der Waals surface area contributed by atoms with E-state index in [1.807, 2.05) is 0 Å². The monoisotopic (exact) mass is 312 g/mol. The molecule has 0 aromatic heterocycles. The Balaban J connectivity index is 2.25. The Morgan fingerprint density at radius 1 is 1.38 bits per heavy atom. The minimum atomic E-state index is -3.64. The third kappa shape index (κ3) is 2.95. The second-order valence-electron chi connectivity index (χ2n) is 5.76. The van der Waals surface area contributed by atoms with E-state index in [4.69, 9.17) is 5.73 Å². The highest BCUT2D eigenvalue weighted by Gasteiger charge is 2.43. The maximum Gasteiger partial charge on any atom is 0.243 e. The predicted octanol–water partition coefficient (Wildman–Crippen LogP) is 0.626. The molecular formula is C14H20N2O4S. The molecule has 0 bridgehead atoms. The van der Waals surface area contributed by atoms with Crippen molar-refractivity contribution in [1.82, 2.24) is 4.31 Å². The average molecular weight is 312 g/mol. The predicted molar refractivity (Wildman–Crippen MR) is 77.8 cm³/mol. The van der Waals surface area contributed by atoms with Crippen LogP contribution < -0.4 is 5.73 Å². The van der Waals surface area contributed by atoms with E-state index in [1.165, 1.54) is 16.4 Å². The summed E-state index contributed by atoms with van der Waals surface area (Å²) in [6, 6.07) is 6.11. The van der Waals surface area contributed by atoms with Gasteiger partial charge in [-0.3, -0.25) is 4.79 Å². The van der Waals surface area contributed by atoms with Crippen LogP contribution in [0, 0.1) is 5.41 Å². The van der Waals surface area contributed by atoms with Gasteiger partial charge in [0.15, 0.2) is 0 Å². The van der Waals surface area contributed by atoms with Gasteiger partial charge in [-0.2, -0.15) is 4.31 Å². The molecule has 1 aromatic rings. The lowest BCUT2D eigenvalue weighted by Crippen LogP contribution is -2.38. The Morgan fingerprint density at radius 3 is 2.38 bits per heavy atom. The maximum absolute atomic E-state index is 12.5. The van der Waals surface area contributed by atoms with Crippen LogP contribution >= 0.6 is 0 Å². The number of hydrogen-bond acceptors (Lipinski definition) is 4. The van der Waals surface area contributed by atoms with Crippen LogP contribution in [0.15, 0.2) is 29.2 Å². The zero-order valence-electron chi connectivity index (χ0n) is 12.1. The van der Waals surface area contributed by atoms with Gasteiger partial charge in [-0.1, -0.05) is 12.1 Å². The number of sulfonamides is 1. The van der Waals surface area contributed by atoms with Crippen LogP contribution in [0.2, 0.25) is 0 Å². The zero-order chi connectivity index (χ0) is 15.8. The van der Waals surface area contributed by atoms with Gasteiger partial charge >= 0.3 is 0 Å². The molecular weight excluding hydrogens is 292 g/mol. The lowest BCUT2D eigenvalue weighted by atomic mass is 9.89. The molecule has 1 fully saturated rings. The number of aliphatic hydroxyl groups is 1. The fourth-order valence-corrected chi connectivity index (χ4v) is 3.96. The lowest BCUT2D eigenvalue weighted by Gasteiger charge is -2.21. The summed E-state index contributed by atoms with van der Waals surface area (Å²) in [7, 11) is -3.64.